The molecule has 0 spiro atoms. The Morgan fingerprint density at radius 3 is 3.12 bits per heavy atom. The van der Waals surface area contributed by atoms with Crippen molar-refractivity contribution in [1.29, 1.82) is 0 Å². The van der Waals surface area contributed by atoms with Crippen molar-refractivity contribution >= 4 is 0 Å². The summed E-state index contributed by atoms with van der Waals surface area (Å²) in [6.45, 7) is 2.90. The highest BCUT2D eigenvalue weighted by molar-refractivity contribution is 4.91. The molecule has 2 unspecified atom stereocenters. The van der Waals surface area contributed by atoms with Crippen molar-refractivity contribution in [2.24, 2.45) is 13.0 Å². The standard InChI is InChI=1S/C12H21N3O2/c1-14(8-12-13-4-5-15(12)2)7-11(16)10-3-6-17-9-10/h4-5,10-11,16H,3,6-9H2,1-2H3. The average Bonchev–Trinajstić information content (AvgIpc) is 2.90. The van der Waals surface area contributed by atoms with Crippen LogP contribution in [0.4, 0.5) is 0 Å². The lowest BCUT2D eigenvalue weighted by atomic mass is 10.0. The van der Waals surface area contributed by atoms with E-state index in [-0.39, 0.29) is 6.10 Å². The highest BCUT2D eigenvalue weighted by atomic mass is 16.5. The molecule has 0 aliphatic carbocycles. The van der Waals surface area contributed by atoms with E-state index in [4.69, 9.17) is 4.74 Å². The van der Waals surface area contributed by atoms with Crippen LogP contribution < -0.4 is 0 Å². The van der Waals surface area contributed by atoms with E-state index in [0.717, 1.165) is 25.4 Å². The van der Waals surface area contributed by atoms with Crippen LogP contribution in [0.15, 0.2) is 12.4 Å². The van der Waals surface area contributed by atoms with Gasteiger partial charge in [-0.3, -0.25) is 4.90 Å². The van der Waals surface area contributed by atoms with Gasteiger partial charge in [-0.1, -0.05) is 0 Å². The summed E-state index contributed by atoms with van der Waals surface area (Å²) < 4.78 is 7.29. The predicted octanol–water partition coefficient (Wildman–Crippen LogP) is 0.249. The molecule has 0 bridgehead atoms. The van der Waals surface area contributed by atoms with E-state index < -0.39 is 0 Å². The second kappa shape index (κ2) is 5.62. The molecule has 2 rings (SSSR count). The summed E-state index contributed by atoms with van der Waals surface area (Å²) in [5.41, 5.74) is 0. The second-order valence-electron chi connectivity index (χ2n) is 4.84. The van der Waals surface area contributed by atoms with Gasteiger partial charge in [0, 0.05) is 38.5 Å². The van der Waals surface area contributed by atoms with Gasteiger partial charge in [-0.15, -0.1) is 0 Å². The fourth-order valence-electron chi connectivity index (χ4n) is 2.18. The van der Waals surface area contributed by atoms with Crippen molar-refractivity contribution in [3.8, 4) is 0 Å². The van der Waals surface area contributed by atoms with Crippen LogP contribution in [0.1, 0.15) is 12.2 Å². The van der Waals surface area contributed by atoms with Crippen molar-refractivity contribution < 1.29 is 9.84 Å². The summed E-state index contributed by atoms with van der Waals surface area (Å²) in [7, 11) is 3.99. The summed E-state index contributed by atoms with van der Waals surface area (Å²) in [6, 6.07) is 0. The van der Waals surface area contributed by atoms with E-state index in [1.165, 1.54) is 0 Å². The van der Waals surface area contributed by atoms with Gasteiger partial charge in [-0.2, -0.15) is 0 Å². The van der Waals surface area contributed by atoms with Crippen LogP contribution in [-0.4, -0.2) is 52.5 Å². The molecule has 2 heterocycles. The number of aryl methyl sites for hydroxylation is 1. The van der Waals surface area contributed by atoms with Crippen molar-refractivity contribution in [3.63, 3.8) is 0 Å². The highest BCUT2D eigenvalue weighted by Gasteiger charge is 2.24. The Labute approximate surface area is 102 Å². The third-order valence-electron chi connectivity index (χ3n) is 3.34. The molecule has 17 heavy (non-hydrogen) atoms. The Morgan fingerprint density at radius 2 is 2.53 bits per heavy atom. The normalized spacial score (nSPS) is 22.2. The monoisotopic (exact) mass is 239 g/mol. The Bertz CT molecular complexity index is 347. The van der Waals surface area contributed by atoms with E-state index in [0.29, 0.717) is 19.1 Å². The number of aliphatic hydroxyl groups is 1. The second-order valence-corrected chi connectivity index (χ2v) is 4.84. The Hall–Kier alpha value is -0.910. The molecule has 1 aromatic heterocycles. The molecule has 0 aromatic carbocycles. The highest BCUT2D eigenvalue weighted by Crippen LogP contribution is 2.17. The molecule has 5 heteroatoms. The molecule has 1 aromatic rings. The van der Waals surface area contributed by atoms with Crippen LogP contribution >= 0.6 is 0 Å². The van der Waals surface area contributed by atoms with Gasteiger partial charge in [0.25, 0.3) is 0 Å². The van der Waals surface area contributed by atoms with E-state index >= 15 is 0 Å². The van der Waals surface area contributed by atoms with E-state index in [1.807, 2.05) is 24.9 Å². The molecule has 0 radical (unpaired) electrons. The molecule has 1 N–H and O–H groups in total. The topological polar surface area (TPSA) is 50.5 Å². The Kier molecular flexibility index (Phi) is 4.15. The van der Waals surface area contributed by atoms with Gasteiger partial charge in [0.05, 0.1) is 19.3 Å². The first kappa shape index (κ1) is 12.5. The minimum absolute atomic E-state index is 0.291. The van der Waals surface area contributed by atoms with Gasteiger partial charge >= 0.3 is 0 Å². The molecule has 1 saturated heterocycles. The zero-order chi connectivity index (χ0) is 12.3. The molecule has 0 saturated carbocycles. The van der Waals surface area contributed by atoms with Crippen molar-refractivity contribution in [3.05, 3.63) is 18.2 Å². The number of rotatable bonds is 5. The van der Waals surface area contributed by atoms with E-state index in [2.05, 4.69) is 9.88 Å². The van der Waals surface area contributed by atoms with Gasteiger partial charge in [-0.05, 0) is 13.5 Å². The third-order valence-corrected chi connectivity index (χ3v) is 3.34. The number of hydrogen-bond donors (Lipinski definition) is 1. The predicted molar refractivity (Wildman–Crippen MR) is 64.5 cm³/mol. The quantitative estimate of drug-likeness (QED) is 0.800. The maximum absolute atomic E-state index is 10.1. The van der Waals surface area contributed by atoms with Crippen LogP contribution in [0, 0.1) is 5.92 Å². The number of imidazole rings is 1. The lowest BCUT2D eigenvalue weighted by Crippen LogP contribution is -2.34. The molecule has 0 amide bonds. The van der Waals surface area contributed by atoms with Crippen LogP contribution in [0.2, 0.25) is 0 Å². The van der Waals surface area contributed by atoms with Crippen molar-refractivity contribution in [2.75, 3.05) is 26.8 Å². The maximum Gasteiger partial charge on any atom is 0.122 e. The summed E-state index contributed by atoms with van der Waals surface area (Å²) in [4.78, 5) is 6.38. The van der Waals surface area contributed by atoms with Crippen molar-refractivity contribution in [1.82, 2.24) is 14.5 Å². The van der Waals surface area contributed by atoms with Crippen LogP contribution in [-0.2, 0) is 18.3 Å². The summed E-state index contributed by atoms with van der Waals surface area (Å²) >= 11 is 0. The largest absolute Gasteiger partial charge is 0.391 e. The van der Waals surface area contributed by atoms with E-state index in [1.54, 1.807) is 6.20 Å². The molecule has 96 valence electrons. The molecule has 1 fully saturated rings. The van der Waals surface area contributed by atoms with Crippen LogP contribution in [0.5, 0.6) is 0 Å². The first-order valence-corrected chi connectivity index (χ1v) is 6.07. The SMILES string of the molecule is CN(Cc1nccn1C)CC(O)C1CCOC1. The summed E-state index contributed by atoms with van der Waals surface area (Å²) in [5, 5.41) is 10.1. The summed E-state index contributed by atoms with van der Waals surface area (Å²) in [5.74, 6) is 1.31. The molecule has 2 atom stereocenters. The van der Waals surface area contributed by atoms with Crippen molar-refractivity contribution in [2.45, 2.75) is 19.1 Å². The lowest BCUT2D eigenvalue weighted by molar-refractivity contribution is 0.0606. The number of aliphatic hydroxyl groups excluding tert-OH is 1. The number of aromatic nitrogens is 2. The van der Waals surface area contributed by atoms with Gasteiger partial charge in [0.2, 0.25) is 0 Å². The Balaban J connectivity index is 1.80. The molecular weight excluding hydrogens is 218 g/mol. The molecule has 1 aliphatic heterocycles. The zero-order valence-electron chi connectivity index (χ0n) is 10.5. The summed E-state index contributed by atoms with van der Waals surface area (Å²) in [6.07, 6.45) is 4.40. The molecule has 1 aliphatic rings. The zero-order valence-corrected chi connectivity index (χ0v) is 10.5. The Morgan fingerprint density at radius 1 is 1.71 bits per heavy atom. The smallest absolute Gasteiger partial charge is 0.122 e. The first-order chi connectivity index (χ1) is 8.16. The first-order valence-electron chi connectivity index (χ1n) is 6.07. The third kappa shape index (κ3) is 3.28. The van der Waals surface area contributed by atoms with E-state index in [9.17, 15) is 5.11 Å². The average molecular weight is 239 g/mol. The molecule has 5 nitrogen and oxygen atoms in total. The molecular formula is C12H21N3O2. The fraction of sp³-hybridized carbons (Fsp3) is 0.750. The maximum atomic E-state index is 10.1. The minimum atomic E-state index is -0.303. The van der Waals surface area contributed by atoms with Gasteiger partial charge in [0.15, 0.2) is 0 Å². The number of hydrogen-bond acceptors (Lipinski definition) is 4. The van der Waals surface area contributed by atoms with Gasteiger partial charge < -0.3 is 14.4 Å². The number of likely N-dealkylation sites (N-methyl/N-ethyl adjacent to an activating group) is 1. The van der Waals surface area contributed by atoms with Crippen LogP contribution in [0.3, 0.4) is 0 Å². The van der Waals surface area contributed by atoms with Gasteiger partial charge in [-0.25, -0.2) is 4.98 Å². The minimum Gasteiger partial charge on any atom is -0.391 e. The van der Waals surface area contributed by atoms with Crippen LogP contribution in [0.25, 0.3) is 0 Å². The fourth-order valence-corrected chi connectivity index (χ4v) is 2.18. The van der Waals surface area contributed by atoms with Gasteiger partial charge in [0.1, 0.15) is 5.82 Å². The number of nitrogens with zero attached hydrogens (tertiary/aromatic N) is 3. The number of ether oxygens (including phenoxy) is 1. The lowest BCUT2D eigenvalue weighted by Gasteiger charge is -2.23.